The standard InChI is InChI=1S/C21H26N6O2/c1-15-3-7-27-13-18(24-19(27)11-15)21(29)25-8-4-17(5-9-25)12-23-20(28)14-26-10-6-22-16(26)2/h3,6-7,10-11,13,17H,4-5,8-9,12,14H2,1-2H3,(H,23,28). The molecule has 0 saturated carbocycles. The molecule has 1 aliphatic rings. The van der Waals surface area contributed by atoms with Gasteiger partial charge in [0.2, 0.25) is 5.91 Å². The van der Waals surface area contributed by atoms with Crippen LogP contribution in [0.15, 0.2) is 36.9 Å². The van der Waals surface area contributed by atoms with E-state index in [1.807, 2.05) is 46.0 Å². The molecule has 0 aromatic carbocycles. The molecular formula is C21H26N6O2. The number of aryl methyl sites for hydroxylation is 2. The largest absolute Gasteiger partial charge is 0.354 e. The van der Waals surface area contributed by atoms with Gasteiger partial charge < -0.3 is 19.2 Å². The van der Waals surface area contributed by atoms with E-state index in [0.717, 1.165) is 29.9 Å². The molecule has 1 aliphatic heterocycles. The van der Waals surface area contributed by atoms with Gasteiger partial charge in [0.25, 0.3) is 5.91 Å². The molecule has 0 unspecified atom stereocenters. The first-order valence-corrected chi connectivity index (χ1v) is 9.98. The molecule has 0 radical (unpaired) electrons. The monoisotopic (exact) mass is 394 g/mol. The molecular weight excluding hydrogens is 368 g/mol. The third-order valence-electron chi connectivity index (χ3n) is 5.56. The summed E-state index contributed by atoms with van der Waals surface area (Å²) in [5.41, 5.74) is 2.39. The Bertz CT molecular complexity index is 1030. The first kappa shape index (κ1) is 19.2. The molecule has 0 atom stereocenters. The van der Waals surface area contributed by atoms with Crippen molar-refractivity contribution in [3.05, 3.63) is 54.0 Å². The van der Waals surface area contributed by atoms with Crippen LogP contribution in [0.5, 0.6) is 0 Å². The van der Waals surface area contributed by atoms with Crippen LogP contribution in [0.3, 0.4) is 0 Å². The smallest absolute Gasteiger partial charge is 0.274 e. The van der Waals surface area contributed by atoms with Crippen LogP contribution in [0.2, 0.25) is 0 Å². The Morgan fingerprint density at radius 3 is 2.72 bits per heavy atom. The Hall–Kier alpha value is -3.16. The molecule has 0 bridgehead atoms. The summed E-state index contributed by atoms with van der Waals surface area (Å²) >= 11 is 0. The van der Waals surface area contributed by atoms with Crippen LogP contribution >= 0.6 is 0 Å². The maximum absolute atomic E-state index is 12.8. The average molecular weight is 394 g/mol. The molecule has 2 amide bonds. The van der Waals surface area contributed by atoms with Crippen molar-refractivity contribution in [2.45, 2.75) is 33.2 Å². The van der Waals surface area contributed by atoms with Crippen molar-refractivity contribution in [2.75, 3.05) is 19.6 Å². The number of hydrogen-bond donors (Lipinski definition) is 1. The number of hydrogen-bond acceptors (Lipinski definition) is 4. The van der Waals surface area contributed by atoms with Crippen LogP contribution in [0.25, 0.3) is 5.65 Å². The second-order valence-electron chi connectivity index (χ2n) is 7.74. The lowest BCUT2D eigenvalue weighted by atomic mass is 9.96. The molecule has 8 nitrogen and oxygen atoms in total. The van der Waals surface area contributed by atoms with Gasteiger partial charge in [-0.1, -0.05) is 0 Å². The topological polar surface area (TPSA) is 84.5 Å². The molecule has 3 aromatic rings. The molecule has 1 saturated heterocycles. The fourth-order valence-electron chi connectivity index (χ4n) is 3.73. The molecule has 0 aliphatic carbocycles. The summed E-state index contributed by atoms with van der Waals surface area (Å²) < 4.78 is 3.71. The van der Waals surface area contributed by atoms with Crippen molar-refractivity contribution < 1.29 is 9.59 Å². The van der Waals surface area contributed by atoms with Gasteiger partial charge in [-0.15, -0.1) is 0 Å². The second-order valence-corrected chi connectivity index (χ2v) is 7.74. The SMILES string of the molecule is Cc1ccn2cc(C(=O)N3CCC(CNC(=O)Cn4ccnc4C)CC3)nc2c1. The van der Waals surface area contributed by atoms with E-state index in [9.17, 15) is 9.59 Å². The van der Waals surface area contributed by atoms with Crippen molar-refractivity contribution in [1.29, 1.82) is 0 Å². The summed E-state index contributed by atoms with van der Waals surface area (Å²) in [4.78, 5) is 35.4. The first-order chi connectivity index (χ1) is 14.0. The van der Waals surface area contributed by atoms with Gasteiger partial charge in [-0.05, 0) is 50.3 Å². The minimum atomic E-state index is -0.0237. The lowest BCUT2D eigenvalue weighted by Crippen LogP contribution is -2.42. The number of fused-ring (bicyclic) bond motifs is 1. The minimum Gasteiger partial charge on any atom is -0.354 e. The molecule has 1 fully saturated rings. The summed E-state index contributed by atoms with van der Waals surface area (Å²) in [5, 5.41) is 3.01. The molecule has 4 rings (SSSR count). The number of nitrogens with zero attached hydrogens (tertiary/aromatic N) is 5. The normalized spacial score (nSPS) is 15.0. The average Bonchev–Trinajstić information content (AvgIpc) is 3.32. The van der Waals surface area contributed by atoms with Crippen molar-refractivity contribution >= 4 is 17.5 Å². The molecule has 29 heavy (non-hydrogen) atoms. The van der Waals surface area contributed by atoms with Gasteiger partial charge in [0.15, 0.2) is 0 Å². The minimum absolute atomic E-state index is 0.00963. The third-order valence-corrected chi connectivity index (χ3v) is 5.56. The number of piperidine rings is 1. The highest BCUT2D eigenvalue weighted by molar-refractivity contribution is 5.93. The summed E-state index contributed by atoms with van der Waals surface area (Å²) in [7, 11) is 0. The van der Waals surface area contributed by atoms with Gasteiger partial charge >= 0.3 is 0 Å². The Morgan fingerprint density at radius 2 is 2.00 bits per heavy atom. The summed E-state index contributed by atoms with van der Waals surface area (Å²) in [5.74, 6) is 1.18. The van der Waals surface area contributed by atoms with Gasteiger partial charge in [-0.2, -0.15) is 0 Å². The van der Waals surface area contributed by atoms with E-state index in [-0.39, 0.29) is 18.4 Å². The zero-order valence-electron chi connectivity index (χ0n) is 16.8. The van der Waals surface area contributed by atoms with Crippen LogP contribution in [-0.2, 0) is 11.3 Å². The van der Waals surface area contributed by atoms with E-state index in [1.165, 1.54) is 0 Å². The van der Waals surface area contributed by atoms with Crippen molar-refractivity contribution in [2.24, 2.45) is 5.92 Å². The van der Waals surface area contributed by atoms with Gasteiger partial charge in [0, 0.05) is 44.4 Å². The Labute approximate surface area is 169 Å². The van der Waals surface area contributed by atoms with Crippen LogP contribution in [-0.4, -0.2) is 55.3 Å². The van der Waals surface area contributed by atoms with E-state index in [1.54, 1.807) is 18.6 Å². The van der Waals surface area contributed by atoms with Crippen molar-refractivity contribution in [1.82, 2.24) is 29.2 Å². The fraction of sp³-hybridized carbons (Fsp3) is 0.429. The first-order valence-electron chi connectivity index (χ1n) is 9.98. The van der Waals surface area contributed by atoms with Crippen LogP contribution < -0.4 is 5.32 Å². The Morgan fingerprint density at radius 1 is 1.21 bits per heavy atom. The van der Waals surface area contributed by atoms with Gasteiger partial charge in [0.05, 0.1) is 0 Å². The van der Waals surface area contributed by atoms with E-state index in [4.69, 9.17) is 0 Å². The number of rotatable bonds is 5. The zero-order valence-corrected chi connectivity index (χ0v) is 16.8. The number of likely N-dealkylation sites (tertiary alicyclic amines) is 1. The molecule has 1 N–H and O–H groups in total. The quantitative estimate of drug-likeness (QED) is 0.715. The molecule has 8 heteroatoms. The van der Waals surface area contributed by atoms with E-state index in [0.29, 0.717) is 31.2 Å². The number of pyridine rings is 1. The summed E-state index contributed by atoms with van der Waals surface area (Å²) in [6, 6.07) is 3.97. The number of carbonyl (C=O) groups is 2. The molecule has 0 spiro atoms. The van der Waals surface area contributed by atoms with Crippen LogP contribution in [0, 0.1) is 19.8 Å². The Balaban J connectivity index is 1.26. The predicted molar refractivity (Wildman–Crippen MR) is 109 cm³/mol. The predicted octanol–water partition coefficient (Wildman–Crippen LogP) is 1.82. The van der Waals surface area contributed by atoms with E-state index >= 15 is 0 Å². The highest BCUT2D eigenvalue weighted by atomic mass is 16.2. The Kier molecular flexibility index (Phi) is 5.33. The summed E-state index contributed by atoms with van der Waals surface area (Å²) in [6.07, 6.45) is 8.97. The number of imidazole rings is 2. The maximum atomic E-state index is 12.8. The van der Waals surface area contributed by atoms with Crippen LogP contribution in [0.1, 0.15) is 34.7 Å². The van der Waals surface area contributed by atoms with Gasteiger partial charge in [-0.25, -0.2) is 9.97 Å². The fourth-order valence-corrected chi connectivity index (χ4v) is 3.73. The van der Waals surface area contributed by atoms with E-state index in [2.05, 4.69) is 15.3 Å². The maximum Gasteiger partial charge on any atom is 0.274 e. The number of carbonyl (C=O) groups excluding carboxylic acids is 2. The molecule has 4 heterocycles. The number of aromatic nitrogens is 4. The summed E-state index contributed by atoms with van der Waals surface area (Å²) in [6.45, 7) is 6.19. The van der Waals surface area contributed by atoms with Crippen LogP contribution in [0.4, 0.5) is 0 Å². The highest BCUT2D eigenvalue weighted by Gasteiger charge is 2.25. The molecule has 152 valence electrons. The van der Waals surface area contributed by atoms with Gasteiger partial charge in [-0.3, -0.25) is 9.59 Å². The lowest BCUT2D eigenvalue weighted by Gasteiger charge is -2.31. The highest BCUT2D eigenvalue weighted by Crippen LogP contribution is 2.19. The van der Waals surface area contributed by atoms with Gasteiger partial charge in [0.1, 0.15) is 23.7 Å². The zero-order chi connectivity index (χ0) is 20.4. The van der Waals surface area contributed by atoms with E-state index < -0.39 is 0 Å². The lowest BCUT2D eigenvalue weighted by molar-refractivity contribution is -0.121. The van der Waals surface area contributed by atoms with Crippen molar-refractivity contribution in [3.8, 4) is 0 Å². The molecule has 3 aromatic heterocycles. The van der Waals surface area contributed by atoms with Crippen molar-refractivity contribution in [3.63, 3.8) is 0 Å². The number of nitrogens with one attached hydrogen (secondary N) is 1. The number of amides is 2. The third kappa shape index (κ3) is 4.31. The second kappa shape index (κ2) is 8.06.